The number of hydrogen-bond donors (Lipinski definition) is 1. The van der Waals surface area contributed by atoms with E-state index in [1.165, 1.54) is 4.90 Å². The molecule has 7 heteroatoms. The molecule has 1 fully saturated rings. The molecule has 158 valence electrons. The molecule has 1 aliphatic heterocycles. The number of rotatable bonds is 4. The predicted molar refractivity (Wildman–Crippen MR) is 118 cm³/mol. The van der Waals surface area contributed by atoms with Crippen molar-refractivity contribution < 1.29 is 19.4 Å². The molecule has 2 heterocycles. The van der Waals surface area contributed by atoms with Crippen molar-refractivity contribution >= 4 is 23.1 Å². The van der Waals surface area contributed by atoms with Crippen molar-refractivity contribution in [3.05, 3.63) is 94.8 Å². The monoisotopic (exact) mass is 425 g/mol. The third kappa shape index (κ3) is 3.48. The number of aromatic nitrogens is 1. The van der Waals surface area contributed by atoms with Gasteiger partial charge in [0.1, 0.15) is 11.5 Å². The summed E-state index contributed by atoms with van der Waals surface area (Å²) in [5.74, 6) is -1.22. The number of carbonyl (C=O) groups is 2. The highest BCUT2D eigenvalue weighted by atomic mass is 16.5. The standard InChI is InChI=1S/C25H19N3O4/c1-15-12-19(32-2)9-10-20(15)23(29)21-22(17-4-3-11-27-14-17)28(25(31)24(21)30)18-7-5-16(13-26)6-8-18/h3-12,14,22,29H,1-2H3/b23-21-. The molecular weight excluding hydrogens is 406 g/mol. The maximum atomic E-state index is 13.1. The Hall–Kier alpha value is -4.44. The van der Waals surface area contributed by atoms with Gasteiger partial charge in [-0.1, -0.05) is 6.07 Å². The summed E-state index contributed by atoms with van der Waals surface area (Å²) in [5, 5.41) is 20.3. The first kappa shape index (κ1) is 20.8. The first-order chi connectivity index (χ1) is 15.5. The highest BCUT2D eigenvalue weighted by Crippen LogP contribution is 2.42. The van der Waals surface area contributed by atoms with Gasteiger partial charge in [-0.25, -0.2) is 0 Å². The van der Waals surface area contributed by atoms with Crippen LogP contribution in [0.2, 0.25) is 0 Å². The Bertz CT molecular complexity index is 1270. The van der Waals surface area contributed by atoms with E-state index in [4.69, 9.17) is 10.00 Å². The molecule has 32 heavy (non-hydrogen) atoms. The zero-order valence-electron chi connectivity index (χ0n) is 17.4. The number of aliphatic hydroxyl groups excluding tert-OH is 1. The summed E-state index contributed by atoms with van der Waals surface area (Å²) in [4.78, 5) is 31.7. The van der Waals surface area contributed by atoms with Gasteiger partial charge in [0.05, 0.1) is 30.4 Å². The summed E-state index contributed by atoms with van der Waals surface area (Å²) in [5.41, 5.74) is 2.53. The molecule has 0 spiro atoms. The largest absolute Gasteiger partial charge is 0.507 e. The maximum Gasteiger partial charge on any atom is 0.300 e. The van der Waals surface area contributed by atoms with E-state index in [9.17, 15) is 14.7 Å². The third-order valence-electron chi connectivity index (χ3n) is 5.41. The average Bonchev–Trinajstić information content (AvgIpc) is 3.09. The van der Waals surface area contributed by atoms with Crippen molar-refractivity contribution in [2.75, 3.05) is 12.0 Å². The molecule has 1 amide bonds. The normalized spacial score (nSPS) is 17.3. The van der Waals surface area contributed by atoms with Crippen LogP contribution in [0.15, 0.2) is 72.6 Å². The lowest BCUT2D eigenvalue weighted by molar-refractivity contribution is -0.132. The second-order valence-electron chi connectivity index (χ2n) is 7.29. The second kappa shape index (κ2) is 8.36. The van der Waals surface area contributed by atoms with E-state index >= 15 is 0 Å². The maximum absolute atomic E-state index is 13.1. The molecule has 0 bridgehead atoms. The van der Waals surface area contributed by atoms with E-state index in [1.54, 1.807) is 81.0 Å². The van der Waals surface area contributed by atoms with Crippen LogP contribution in [0.5, 0.6) is 5.75 Å². The van der Waals surface area contributed by atoms with Gasteiger partial charge in [0, 0.05) is 23.6 Å². The van der Waals surface area contributed by atoms with E-state index in [-0.39, 0.29) is 11.3 Å². The van der Waals surface area contributed by atoms with Gasteiger partial charge in [0.2, 0.25) is 0 Å². The summed E-state index contributed by atoms with van der Waals surface area (Å²) in [7, 11) is 1.54. The highest BCUT2D eigenvalue weighted by Gasteiger charge is 2.47. The minimum atomic E-state index is -0.877. The van der Waals surface area contributed by atoms with Crippen molar-refractivity contribution in [3.63, 3.8) is 0 Å². The Kier molecular flexibility index (Phi) is 5.44. The third-order valence-corrected chi connectivity index (χ3v) is 5.41. The molecule has 1 N–H and O–H groups in total. The van der Waals surface area contributed by atoms with Crippen molar-refractivity contribution in [3.8, 4) is 11.8 Å². The number of benzene rings is 2. The number of methoxy groups -OCH3 is 1. The van der Waals surface area contributed by atoms with Gasteiger partial charge < -0.3 is 9.84 Å². The number of nitriles is 1. The summed E-state index contributed by atoms with van der Waals surface area (Å²) in [6, 6.07) is 16.0. The number of Topliss-reactive ketones (excluding diaryl/α,β-unsaturated/α-hetero) is 1. The Morgan fingerprint density at radius 3 is 2.50 bits per heavy atom. The van der Waals surface area contributed by atoms with Gasteiger partial charge in [0.25, 0.3) is 11.7 Å². The van der Waals surface area contributed by atoms with Crippen LogP contribution in [0.3, 0.4) is 0 Å². The number of aryl methyl sites for hydroxylation is 1. The number of carbonyl (C=O) groups excluding carboxylic acids is 2. The van der Waals surface area contributed by atoms with E-state index in [0.717, 1.165) is 0 Å². The fourth-order valence-corrected chi connectivity index (χ4v) is 3.82. The lowest BCUT2D eigenvalue weighted by atomic mass is 9.94. The van der Waals surface area contributed by atoms with E-state index in [2.05, 4.69) is 4.98 Å². The van der Waals surface area contributed by atoms with Crippen LogP contribution < -0.4 is 9.64 Å². The fraction of sp³-hybridized carbons (Fsp3) is 0.120. The Balaban J connectivity index is 1.93. The summed E-state index contributed by atoms with van der Waals surface area (Å²) in [6.07, 6.45) is 3.15. The van der Waals surface area contributed by atoms with Crippen LogP contribution in [-0.4, -0.2) is 28.9 Å². The van der Waals surface area contributed by atoms with Crippen molar-refractivity contribution in [1.29, 1.82) is 5.26 Å². The minimum absolute atomic E-state index is 0.0272. The molecule has 3 aromatic rings. The van der Waals surface area contributed by atoms with Gasteiger partial charge >= 0.3 is 0 Å². The first-order valence-corrected chi connectivity index (χ1v) is 9.82. The van der Waals surface area contributed by atoms with Crippen molar-refractivity contribution in [2.45, 2.75) is 13.0 Å². The van der Waals surface area contributed by atoms with Crippen LogP contribution in [0.25, 0.3) is 5.76 Å². The Labute approximate surface area is 184 Å². The first-order valence-electron chi connectivity index (χ1n) is 9.82. The highest BCUT2D eigenvalue weighted by molar-refractivity contribution is 6.51. The SMILES string of the molecule is COc1ccc(/C(O)=C2/C(=O)C(=O)N(c3ccc(C#N)cc3)C2c2cccnc2)c(C)c1. The lowest BCUT2D eigenvalue weighted by Gasteiger charge is -2.25. The molecule has 1 unspecified atom stereocenters. The molecule has 0 radical (unpaired) electrons. The van der Waals surface area contributed by atoms with Crippen molar-refractivity contribution in [1.82, 2.24) is 4.98 Å². The topological polar surface area (TPSA) is 104 Å². The predicted octanol–water partition coefficient (Wildman–Crippen LogP) is 3.90. The lowest BCUT2D eigenvalue weighted by Crippen LogP contribution is -2.29. The summed E-state index contributed by atoms with van der Waals surface area (Å²) < 4.78 is 5.22. The van der Waals surface area contributed by atoms with Gasteiger partial charge in [0.15, 0.2) is 0 Å². The molecule has 0 aliphatic carbocycles. The number of amides is 1. The average molecular weight is 425 g/mol. The molecule has 1 aromatic heterocycles. The molecule has 1 saturated heterocycles. The van der Waals surface area contributed by atoms with Crippen LogP contribution in [0.4, 0.5) is 5.69 Å². The Morgan fingerprint density at radius 2 is 1.91 bits per heavy atom. The smallest absolute Gasteiger partial charge is 0.300 e. The Morgan fingerprint density at radius 1 is 1.16 bits per heavy atom. The minimum Gasteiger partial charge on any atom is -0.507 e. The van der Waals surface area contributed by atoms with E-state index in [1.807, 2.05) is 6.07 Å². The van der Waals surface area contributed by atoms with Crippen molar-refractivity contribution in [2.24, 2.45) is 0 Å². The van der Waals surface area contributed by atoms with Gasteiger partial charge in [-0.15, -0.1) is 0 Å². The molecule has 1 atom stereocenters. The number of hydrogen-bond acceptors (Lipinski definition) is 6. The molecule has 0 saturated carbocycles. The summed E-state index contributed by atoms with van der Waals surface area (Å²) in [6.45, 7) is 1.79. The number of nitrogens with zero attached hydrogens (tertiary/aromatic N) is 3. The van der Waals surface area contributed by atoms with Crippen LogP contribution >= 0.6 is 0 Å². The molecular formula is C25H19N3O4. The summed E-state index contributed by atoms with van der Waals surface area (Å²) >= 11 is 0. The molecule has 1 aliphatic rings. The number of aliphatic hydroxyl groups is 1. The van der Waals surface area contributed by atoms with Crippen LogP contribution in [0.1, 0.15) is 28.3 Å². The quantitative estimate of drug-likeness (QED) is 0.386. The number of ketones is 1. The fourth-order valence-electron chi connectivity index (χ4n) is 3.82. The zero-order valence-corrected chi connectivity index (χ0v) is 17.4. The van der Waals surface area contributed by atoms with E-state index in [0.29, 0.717) is 33.7 Å². The van der Waals surface area contributed by atoms with Crippen LogP contribution in [-0.2, 0) is 9.59 Å². The number of pyridine rings is 1. The zero-order chi connectivity index (χ0) is 22.8. The molecule has 4 rings (SSSR count). The molecule has 7 nitrogen and oxygen atoms in total. The van der Waals surface area contributed by atoms with Gasteiger partial charge in [-0.2, -0.15) is 5.26 Å². The van der Waals surface area contributed by atoms with Gasteiger partial charge in [-0.05, 0) is 66.6 Å². The van der Waals surface area contributed by atoms with E-state index < -0.39 is 17.7 Å². The molecule has 2 aromatic carbocycles. The second-order valence-corrected chi connectivity index (χ2v) is 7.29. The van der Waals surface area contributed by atoms with Crippen LogP contribution in [0, 0.1) is 18.3 Å². The number of ether oxygens (including phenoxy) is 1. The number of anilines is 1. The van der Waals surface area contributed by atoms with Gasteiger partial charge in [-0.3, -0.25) is 19.5 Å².